The first kappa shape index (κ1) is 14.2. The van der Waals surface area contributed by atoms with Crippen LogP contribution in [0, 0.1) is 0 Å². The van der Waals surface area contributed by atoms with Crippen molar-refractivity contribution in [3.8, 4) is 0 Å². The van der Waals surface area contributed by atoms with Gasteiger partial charge < -0.3 is 20.4 Å². The van der Waals surface area contributed by atoms with Crippen molar-refractivity contribution in [2.24, 2.45) is 0 Å². The molecule has 0 spiro atoms. The molecule has 1 atom stereocenters. The number of carbonyl (C=O) groups excluding carboxylic acids is 1. The predicted octanol–water partition coefficient (Wildman–Crippen LogP) is -1.01. The van der Waals surface area contributed by atoms with Crippen molar-refractivity contribution in [3.05, 3.63) is 11.6 Å². The zero-order chi connectivity index (χ0) is 11.7. The lowest BCUT2D eigenvalue weighted by Crippen LogP contribution is -2.14. The van der Waals surface area contributed by atoms with Gasteiger partial charge in [0, 0.05) is 18.6 Å². The van der Waals surface area contributed by atoms with Crippen LogP contribution in [0.4, 0.5) is 0 Å². The molecule has 5 heteroatoms. The monoisotopic (exact) mass is 218 g/mol. The van der Waals surface area contributed by atoms with Crippen LogP contribution in [0.2, 0.25) is 0 Å². The molecule has 4 N–H and O–H groups in total. The average molecular weight is 218 g/mol. The van der Waals surface area contributed by atoms with Gasteiger partial charge in [-0.1, -0.05) is 6.08 Å². The zero-order valence-corrected chi connectivity index (χ0v) is 8.59. The quantitative estimate of drug-likeness (QED) is 0.391. The van der Waals surface area contributed by atoms with Gasteiger partial charge in [0.15, 0.2) is 5.78 Å². The minimum absolute atomic E-state index is 0.105. The van der Waals surface area contributed by atoms with E-state index in [4.69, 9.17) is 15.3 Å². The lowest BCUT2D eigenvalue weighted by molar-refractivity contribution is -0.116. The summed E-state index contributed by atoms with van der Waals surface area (Å²) in [5, 5.41) is 35.1. The maximum atomic E-state index is 11.4. The largest absolute Gasteiger partial charge is 0.396 e. The van der Waals surface area contributed by atoms with Crippen LogP contribution in [0.15, 0.2) is 11.6 Å². The van der Waals surface area contributed by atoms with Gasteiger partial charge in [0.25, 0.3) is 0 Å². The molecule has 0 aliphatic heterocycles. The lowest BCUT2D eigenvalue weighted by atomic mass is 10.0. The number of hydrogen-bond donors (Lipinski definition) is 4. The fraction of sp³-hybridized carbons (Fsp3) is 0.700. The Labute approximate surface area is 88.7 Å². The van der Waals surface area contributed by atoms with E-state index in [2.05, 4.69) is 0 Å². The van der Waals surface area contributed by atoms with E-state index in [1.165, 1.54) is 6.08 Å². The van der Waals surface area contributed by atoms with Gasteiger partial charge in [0.2, 0.25) is 0 Å². The van der Waals surface area contributed by atoms with Gasteiger partial charge in [-0.2, -0.15) is 0 Å². The van der Waals surface area contributed by atoms with Crippen molar-refractivity contribution in [2.45, 2.75) is 25.4 Å². The summed E-state index contributed by atoms with van der Waals surface area (Å²) in [5.74, 6) is -0.288. The molecule has 0 aromatic rings. The van der Waals surface area contributed by atoms with E-state index in [9.17, 15) is 9.90 Å². The Morgan fingerprint density at radius 2 is 1.87 bits per heavy atom. The number of rotatable bonds is 8. The number of aliphatic hydroxyl groups excluding tert-OH is 4. The zero-order valence-electron chi connectivity index (χ0n) is 8.59. The summed E-state index contributed by atoms with van der Waals surface area (Å²) in [6, 6.07) is 0. The Balaban J connectivity index is 3.96. The van der Waals surface area contributed by atoms with Gasteiger partial charge in [-0.05, 0) is 12.8 Å². The average Bonchev–Trinajstić information content (AvgIpc) is 2.23. The molecule has 0 rings (SSSR count). The minimum atomic E-state index is -0.701. The third-order valence-electron chi connectivity index (χ3n) is 2.03. The van der Waals surface area contributed by atoms with E-state index in [0.717, 1.165) is 0 Å². The van der Waals surface area contributed by atoms with Crippen molar-refractivity contribution in [3.63, 3.8) is 0 Å². The molecule has 0 amide bonds. The van der Waals surface area contributed by atoms with Crippen molar-refractivity contribution >= 4 is 5.78 Å². The molecule has 0 aliphatic carbocycles. The first-order chi connectivity index (χ1) is 7.15. The molecule has 0 heterocycles. The summed E-state index contributed by atoms with van der Waals surface area (Å²) in [6.07, 6.45) is 1.15. The Morgan fingerprint density at radius 3 is 2.33 bits per heavy atom. The highest BCUT2D eigenvalue weighted by Crippen LogP contribution is 2.06. The molecule has 0 bridgehead atoms. The number of Topliss-reactive ketones (excluding diaryl/α,β-unsaturated/α-hetero) is 1. The number of carbonyl (C=O) groups is 1. The Morgan fingerprint density at radius 1 is 1.20 bits per heavy atom. The smallest absolute Gasteiger partial charge is 0.161 e. The van der Waals surface area contributed by atoms with Gasteiger partial charge in [-0.3, -0.25) is 4.79 Å². The highest BCUT2D eigenvalue weighted by atomic mass is 16.3. The second-order valence-corrected chi connectivity index (χ2v) is 3.20. The van der Waals surface area contributed by atoms with Crippen LogP contribution < -0.4 is 0 Å². The summed E-state index contributed by atoms with van der Waals surface area (Å²) in [5.41, 5.74) is 0.161. The van der Waals surface area contributed by atoms with Crippen molar-refractivity contribution in [1.82, 2.24) is 0 Å². The summed E-state index contributed by atoms with van der Waals surface area (Å²) in [4.78, 5) is 11.4. The van der Waals surface area contributed by atoms with Gasteiger partial charge in [0.05, 0.1) is 19.3 Å². The van der Waals surface area contributed by atoms with Crippen LogP contribution in [0.25, 0.3) is 0 Å². The Hall–Kier alpha value is -0.750. The Kier molecular flexibility index (Phi) is 8.12. The van der Waals surface area contributed by atoms with Crippen LogP contribution in [0.1, 0.15) is 19.3 Å². The standard InChI is InChI=1S/C10H18O5/c11-5-3-8(7-13)10(15)2-1-9(14)4-6-12/h3,9,11-14H,1-2,4-7H2. The molecule has 0 saturated heterocycles. The molecule has 0 fully saturated rings. The van der Waals surface area contributed by atoms with E-state index >= 15 is 0 Å². The molecule has 15 heavy (non-hydrogen) atoms. The highest BCUT2D eigenvalue weighted by molar-refractivity contribution is 5.95. The predicted molar refractivity (Wildman–Crippen MR) is 54.2 cm³/mol. The fourth-order valence-corrected chi connectivity index (χ4v) is 1.13. The molecule has 0 aromatic carbocycles. The molecule has 0 saturated carbocycles. The van der Waals surface area contributed by atoms with E-state index in [1.807, 2.05) is 0 Å². The van der Waals surface area contributed by atoms with Crippen molar-refractivity contribution < 1.29 is 25.2 Å². The number of aliphatic hydroxyl groups is 4. The van der Waals surface area contributed by atoms with Crippen molar-refractivity contribution in [1.29, 1.82) is 0 Å². The fourth-order valence-electron chi connectivity index (χ4n) is 1.13. The van der Waals surface area contributed by atoms with Crippen LogP contribution >= 0.6 is 0 Å². The summed E-state index contributed by atoms with van der Waals surface area (Å²) in [6.45, 7) is -0.814. The summed E-state index contributed by atoms with van der Waals surface area (Å²) < 4.78 is 0. The van der Waals surface area contributed by atoms with Gasteiger partial charge >= 0.3 is 0 Å². The molecule has 88 valence electrons. The molecular weight excluding hydrogens is 200 g/mol. The van der Waals surface area contributed by atoms with Crippen molar-refractivity contribution in [2.75, 3.05) is 19.8 Å². The third kappa shape index (κ3) is 6.35. The molecule has 0 radical (unpaired) electrons. The first-order valence-electron chi connectivity index (χ1n) is 4.88. The van der Waals surface area contributed by atoms with Gasteiger partial charge in [0.1, 0.15) is 0 Å². The molecule has 1 unspecified atom stereocenters. The van der Waals surface area contributed by atoms with Crippen LogP contribution in [-0.4, -0.2) is 52.1 Å². The second-order valence-electron chi connectivity index (χ2n) is 3.20. The lowest BCUT2D eigenvalue weighted by Gasteiger charge is -2.08. The third-order valence-corrected chi connectivity index (χ3v) is 2.03. The SMILES string of the molecule is O=C(CCC(O)CCO)C(=CCO)CO. The van der Waals surface area contributed by atoms with E-state index in [-0.39, 0.29) is 43.8 Å². The maximum absolute atomic E-state index is 11.4. The van der Waals surface area contributed by atoms with Gasteiger partial charge in [-0.25, -0.2) is 0 Å². The highest BCUT2D eigenvalue weighted by Gasteiger charge is 2.11. The number of hydrogen-bond acceptors (Lipinski definition) is 5. The molecule has 0 aromatic heterocycles. The first-order valence-corrected chi connectivity index (χ1v) is 4.88. The maximum Gasteiger partial charge on any atom is 0.161 e. The van der Waals surface area contributed by atoms with Crippen LogP contribution in [0.3, 0.4) is 0 Å². The normalized spacial score (nSPS) is 14.0. The van der Waals surface area contributed by atoms with Crippen LogP contribution in [-0.2, 0) is 4.79 Å². The molecule has 0 aliphatic rings. The second kappa shape index (κ2) is 8.55. The Bertz CT molecular complexity index is 212. The molecular formula is C10H18O5. The topological polar surface area (TPSA) is 98.0 Å². The number of ketones is 1. The molecule has 5 nitrogen and oxygen atoms in total. The summed E-state index contributed by atoms with van der Waals surface area (Å²) >= 11 is 0. The van der Waals surface area contributed by atoms with E-state index in [1.54, 1.807) is 0 Å². The summed E-state index contributed by atoms with van der Waals surface area (Å²) in [7, 11) is 0. The van der Waals surface area contributed by atoms with Crippen LogP contribution in [0.5, 0.6) is 0 Å². The minimum Gasteiger partial charge on any atom is -0.396 e. The van der Waals surface area contributed by atoms with Gasteiger partial charge in [-0.15, -0.1) is 0 Å². The van der Waals surface area contributed by atoms with E-state index < -0.39 is 12.7 Å². The van der Waals surface area contributed by atoms with E-state index in [0.29, 0.717) is 0 Å².